The van der Waals surface area contributed by atoms with Crippen molar-refractivity contribution in [1.82, 2.24) is 0 Å². The van der Waals surface area contributed by atoms with Crippen molar-refractivity contribution in [3.63, 3.8) is 0 Å². The summed E-state index contributed by atoms with van der Waals surface area (Å²) < 4.78 is 11.2. The first-order chi connectivity index (χ1) is 13.9. The molecule has 152 valence electrons. The van der Waals surface area contributed by atoms with Crippen LogP contribution in [0.5, 0.6) is 5.75 Å². The number of halogens is 1. The van der Waals surface area contributed by atoms with E-state index in [0.29, 0.717) is 17.1 Å². The first-order valence-corrected chi connectivity index (χ1v) is 9.83. The maximum absolute atomic E-state index is 12.3. The number of methoxy groups -OCH3 is 1. The summed E-state index contributed by atoms with van der Waals surface area (Å²) in [4.78, 5) is 38.2. The molecule has 2 aromatic carbocycles. The van der Waals surface area contributed by atoms with Crippen LogP contribution in [0.25, 0.3) is 0 Å². The number of nitrogens with zero attached hydrogens (tertiary/aromatic N) is 1. The molecule has 0 aliphatic carbocycles. The third-order valence-corrected chi connectivity index (χ3v) is 5.50. The van der Waals surface area contributed by atoms with Gasteiger partial charge in [0.15, 0.2) is 6.61 Å². The molecule has 0 unspecified atom stereocenters. The van der Waals surface area contributed by atoms with Crippen LogP contribution < -0.4 is 15.0 Å². The number of hydrogen-bond donors (Lipinski definition) is 1. The second kappa shape index (κ2) is 9.09. The topological polar surface area (TPSA) is 84.9 Å². The summed E-state index contributed by atoms with van der Waals surface area (Å²) in [6.45, 7) is 1.71. The van der Waals surface area contributed by atoms with Gasteiger partial charge in [-0.3, -0.25) is 14.4 Å². The molecule has 1 N–H and O–H groups in total. The van der Waals surface area contributed by atoms with Gasteiger partial charge in [0, 0.05) is 34.9 Å². The van der Waals surface area contributed by atoms with Crippen LogP contribution in [-0.4, -0.2) is 38.0 Å². The number of carbonyl (C=O) groups excluding carboxylic acids is 3. The van der Waals surface area contributed by atoms with Crippen molar-refractivity contribution in [2.75, 3.05) is 30.5 Å². The van der Waals surface area contributed by atoms with Gasteiger partial charge in [0.2, 0.25) is 5.91 Å². The Morgan fingerprint density at radius 3 is 2.76 bits per heavy atom. The fourth-order valence-electron chi connectivity index (χ4n) is 3.07. The van der Waals surface area contributed by atoms with Crippen LogP contribution in [0.2, 0.25) is 0 Å². The van der Waals surface area contributed by atoms with E-state index < -0.39 is 24.4 Å². The lowest BCUT2D eigenvalue weighted by Gasteiger charge is -2.17. The molecule has 1 atom stereocenters. The van der Waals surface area contributed by atoms with Crippen LogP contribution in [0.15, 0.2) is 46.9 Å². The Morgan fingerprint density at radius 2 is 2.03 bits per heavy atom. The monoisotopic (exact) mass is 460 g/mol. The van der Waals surface area contributed by atoms with Crippen molar-refractivity contribution in [2.45, 2.75) is 13.3 Å². The van der Waals surface area contributed by atoms with E-state index >= 15 is 0 Å². The molecule has 0 aromatic heterocycles. The predicted molar refractivity (Wildman–Crippen MR) is 112 cm³/mol. The summed E-state index contributed by atoms with van der Waals surface area (Å²) in [7, 11) is 1.55. The van der Waals surface area contributed by atoms with Crippen molar-refractivity contribution in [3.05, 3.63) is 52.5 Å². The Balaban J connectivity index is 1.53. The zero-order chi connectivity index (χ0) is 21.0. The van der Waals surface area contributed by atoms with Gasteiger partial charge >= 0.3 is 5.97 Å². The van der Waals surface area contributed by atoms with Gasteiger partial charge in [0.1, 0.15) is 5.75 Å². The Morgan fingerprint density at radius 1 is 1.24 bits per heavy atom. The molecule has 7 nitrogen and oxygen atoms in total. The quantitative estimate of drug-likeness (QED) is 0.668. The number of anilines is 2. The summed E-state index contributed by atoms with van der Waals surface area (Å²) >= 11 is 3.40. The molecule has 0 bridgehead atoms. The fourth-order valence-corrected chi connectivity index (χ4v) is 3.31. The highest BCUT2D eigenvalue weighted by Gasteiger charge is 2.36. The van der Waals surface area contributed by atoms with E-state index in [4.69, 9.17) is 9.47 Å². The average molecular weight is 461 g/mol. The minimum atomic E-state index is -0.614. The molecule has 1 fully saturated rings. The zero-order valence-electron chi connectivity index (χ0n) is 16.1. The number of carbonyl (C=O) groups is 3. The highest BCUT2D eigenvalue weighted by Crippen LogP contribution is 2.28. The number of benzene rings is 2. The second-order valence-corrected chi connectivity index (χ2v) is 7.58. The lowest BCUT2D eigenvalue weighted by atomic mass is 10.1. The lowest BCUT2D eigenvalue weighted by molar-refractivity contribution is -0.151. The minimum Gasteiger partial charge on any atom is -0.497 e. The third kappa shape index (κ3) is 5.14. The molecular weight excluding hydrogens is 440 g/mol. The number of amides is 2. The third-order valence-electron chi connectivity index (χ3n) is 4.61. The normalized spacial score (nSPS) is 15.9. The van der Waals surface area contributed by atoms with Gasteiger partial charge in [0.25, 0.3) is 5.91 Å². The molecule has 29 heavy (non-hydrogen) atoms. The van der Waals surface area contributed by atoms with E-state index in [2.05, 4.69) is 21.2 Å². The highest BCUT2D eigenvalue weighted by molar-refractivity contribution is 9.10. The second-order valence-electron chi connectivity index (χ2n) is 6.73. The van der Waals surface area contributed by atoms with Gasteiger partial charge in [-0.15, -0.1) is 0 Å². The summed E-state index contributed by atoms with van der Waals surface area (Å²) in [5, 5.41) is 2.68. The molecule has 0 spiro atoms. The molecule has 2 aromatic rings. The maximum atomic E-state index is 12.3. The van der Waals surface area contributed by atoms with Gasteiger partial charge in [-0.2, -0.15) is 0 Å². The van der Waals surface area contributed by atoms with Crippen LogP contribution in [0.1, 0.15) is 12.0 Å². The van der Waals surface area contributed by atoms with Crippen molar-refractivity contribution in [2.24, 2.45) is 5.92 Å². The smallest absolute Gasteiger partial charge is 0.311 e. The average Bonchev–Trinajstić information content (AvgIpc) is 3.11. The summed E-state index contributed by atoms with van der Waals surface area (Å²) in [5.74, 6) is -1.16. The van der Waals surface area contributed by atoms with Crippen LogP contribution in [0.4, 0.5) is 11.4 Å². The Labute approximate surface area is 177 Å². The maximum Gasteiger partial charge on any atom is 0.311 e. The van der Waals surface area contributed by atoms with Crippen molar-refractivity contribution < 1.29 is 23.9 Å². The number of ether oxygens (including phenoxy) is 2. The minimum absolute atomic E-state index is 0.0452. The summed E-state index contributed by atoms with van der Waals surface area (Å²) in [6.07, 6.45) is 0.0452. The van der Waals surface area contributed by atoms with Crippen molar-refractivity contribution in [1.29, 1.82) is 0 Å². The molecule has 1 heterocycles. The van der Waals surface area contributed by atoms with E-state index in [-0.39, 0.29) is 18.9 Å². The summed E-state index contributed by atoms with van der Waals surface area (Å²) in [6, 6.07) is 12.5. The van der Waals surface area contributed by atoms with Crippen LogP contribution in [-0.2, 0) is 19.1 Å². The number of rotatable bonds is 6. The molecule has 1 aliphatic rings. The Kier molecular flexibility index (Phi) is 6.53. The van der Waals surface area contributed by atoms with Gasteiger partial charge in [-0.1, -0.05) is 22.0 Å². The molecule has 3 rings (SSSR count). The molecule has 1 saturated heterocycles. The number of aryl methyl sites for hydroxylation is 1. The van der Waals surface area contributed by atoms with Gasteiger partial charge in [-0.05, 0) is 42.8 Å². The first-order valence-electron chi connectivity index (χ1n) is 9.04. The van der Waals surface area contributed by atoms with E-state index in [9.17, 15) is 14.4 Å². The predicted octanol–water partition coefficient (Wildman–Crippen LogP) is 3.30. The van der Waals surface area contributed by atoms with E-state index in [1.165, 1.54) is 4.90 Å². The molecule has 8 heteroatoms. The number of nitrogens with one attached hydrogen (secondary N) is 1. The molecule has 2 amide bonds. The molecular formula is C21H21BrN2O5. The largest absolute Gasteiger partial charge is 0.497 e. The Bertz CT molecular complexity index is 946. The van der Waals surface area contributed by atoms with Gasteiger partial charge in [-0.25, -0.2) is 0 Å². The lowest BCUT2D eigenvalue weighted by Crippen LogP contribution is -2.28. The zero-order valence-corrected chi connectivity index (χ0v) is 17.7. The fraction of sp³-hybridized carbons (Fsp3) is 0.286. The van der Waals surface area contributed by atoms with Gasteiger partial charge < -0.3 is 19.7 Å². The molecule has 0 radical (unpaired) electrons. The molecule has 0 saturated carbocycles. The Hall–Kier alpha value is -2.87. The number of esters is 1. The molecule has 1 aliphatic heterocycles. The van der Waals surface area contributed by atoms with Crippen molar-refractivity contribution in [3.8, 4) is 5.75 Å². The van der Waals surface area contributed by atoms with E-state index in [1.54, 1.807) is 37.4 Å². The summed E-state index contributed by atoms with van der Waals surface area (Å²) in [5.41, 5.74) is 2.25. The first kappa shape index (κ1) is 20.9. The van der Waals surface area contributed by atoms with Gasteiger partial charge in [0.05, 0.1) is 13.0 Å². The van der Waals surface area contributed by atoms with Crippen LogP contribution in [0, 0.1) is 12.8 Å². The SMILES string of the molecule is COc1cccc(N2C[C@H](C(=O)OCC(=O)Nc3ccc(Br)c(C)c3)CC2=O)c1. The van der Waals surface area contributed by atoms with Crippen LogP contribution in [0.3, 0.4) is 0 Å². The van der Waals surface area contributed by atoms with E-state index in [0.717, 1.165) is 10.0 Å². The van der Waals surface area contributed by atoms with Crippen molar-refractivity contribution >= 4 is 45.1 Å². The highest BCUT2D eigenvalue weighted by atomic mass is 79.9. The number of hydrogen-bond acceptors (Lipinski definition) is 5. The van der Waals surface area contributed by atoms with Crippen LogP contribution >= 0.6 is 15.9 Å². The standard InChI is InChI=1S/C21H21BrN2O5/c1-13-8-15(6-7-18(13)22)23-19(25)12-29-21(27)14-9-20(26)24(11-14)16-4-3-5-17(10-16)28-2/h3-8,10,14H,9,11-12H2,1-2H3,(H,23,25)/t14-/m1/s1. The van der Waals surface area contributed by atoms with E-state index in [1.807, 2.05) is 19.1 Å².